The number of para-hydroxylation sites is 1. The summed E-state index contributed by atoms with van der Waals surface area (Å²) < 4.78 is 0. The number of benzene rings is 3. The quantitative estimate of drug-likeness (QED) is 0.658. The third kappa shape index (κ3) is 3.06. The van der Waals surface area contributed by atoms with Gasteiger partial charge in [-0.2, -0.15) is 0 Å². The van der Waals surface area contributed by atoms with Crippen molar-refractivity contribution in [2.75, 3.05) is 9.96 Å². The van der Waals surface area contributed by atoms with Crippen LogP contribution in [-0.2, 0) is 14.4 Å². The van der Waals surface area contributed by atoms with E-state index in [1.807, 2.05) is 60.7 Å². The molecule has 0 aromatic heterocycles. The van der Waals surface area contributed by atoms with E-state index in [0.717, 1.165) is 16.2 Å². The predicted molar refractivity (Wildman–Crippen MR) is 112 cm³/mol. The van der Waals surface area contributed by atoms with Crippen molar-refractivity contribution in [1.29, 1.82) is 0 Å². The van der Waals surface area contributed by atoms with Crippen LogP contribution in [0.25, 0.3) is 0 Å². The number of anilines is 2. The maximum atomic E-state index is 13.5. The average Bonchev–Trinajstić information content (AvgIpc) is 3.31. The number of imide groups is 1. The molecular formula is C24H18N2O5. The summed E-state index contributed by atoms with van der Waals surface area (Å²) >= 11 is 0. The Hall–Kier alpha value is -3.97. The molecule has 0 saturated carbocycles. The molecular weight excluding hydrogens is 396 g/mol. The van der Waals surface area contributed by atoms with E-state index in [1.54, 1.807) is 5.06 Å². The number of fused-ring (bicyclic) bond motifs is 1. The number of carbonyl (C=O) groups excluding carboxylic acids is 2. The number of hydrogen-bond donors (Lipinski definition) is 1. The Labute approximate surface area is 178 Å². The van der Waals surface area contributed by atoms with Gasteiger partial charge < -0.3 is 5.11 Å². The van der Waals surface area contributed by atoms with Gasteiger partial charge in [-0.25, -0.2) is 14.8 Å². The molecule has 5 rings (SSSR count). The van der Waals surface area contributed by atoms with Crippen molar-refractivity contribution in [3.63, 3.8) is 0 Å². The summed E-state index contributed by atoms with van der Waals surface area (Å²) in [6.45, 7) is 0. The van der Waals surface area contributed by atoms with Crippen molar-refractivity contribution < 1.29 is 24.3 Å². The van der Waals surface area contributed by atoms with Gasteiger partial charge in [-0.05, 0) is 42.0 Å². The van der Waals surface area contributed by atoms with E-state index in [0.29, 0.717) is 5.69 Å². The Balaban J connectivity index is 1.54. The highest BCUT2D eigenvalue weighted by Crippen LogP contribution is 2.47. The zero-order valence-corrected chi connectivity index (χ0v) is 16.3. The highest BCUT2D eigenvalue weighted by molar-refractivity contribution is 6.24. The molecule has 31 heavy (non-hydrogen) atoms. The standard InChI is InChI=1S/C24H18N2O5/c27-22-19-20(15-7-3-1-4-8-15)26(18-9-5-2-6-10-18)31-21(19)23(28)25(22)17-13-11-16(12-14-17)24(29)30/h1-14,19-21H,(H,29,30)/t19-,20-,21-/m0/s1. The smallest absolute Gasteiger partial charge is 0.335 e. The molecule has 3 aromatic rings. The lowest BCUT2D eigenvalue weighted by atomic mass is 9.90. The summed E-state index contributed by atoms with van der Waals surface area (Å²) in [6, 6.07) is 24.0. The molecule has 0 unspecified atom stereocenters. The molecule has 2 saturated heterocycles. The van der Waals surface area contributed by atoms with Gasteiger partial charge in [0.15, 0.2) is 6.10 Å². The highest BCUT2D eigenvalue weighted by atomic mass is 16.7. The fraction of sp³-hybridized carbons (Fsp3) is 0.125. The van der Waals surface area contributed by atoms with Gasteiger partial charge in [0.1, 0.15) is 5.92 Å². The van der Waals surface area contributed by atoms with Crippen molar-refractivity contribution >= 4 is 29.2 Å². The third-order valence-electron chi connectivity index (χ3n) is 5.64. The Morgan fingerprint density at radius 3 is 2.00 bits per heavy atom. The van der Waals surface area contributed by atoms with Crippen molar-refractivity contribution in [2.24, 2.45) is 5.92 Å². The van der Waals surface area contributed by atoms with E-state index in [-0.39, 0.29) is 11.5 Å². The number of carboxylic acids is 1. The molecule has 0 radical (unpaired) electrons. The monoisotopic (exact) mass is 414 g/mol. The van der Waals surface area contributed by atoms with E-state index in [4.69, 9.17) is 9.94 Å². The van der Waals surface area contributed by atoms with Gasteiger partial charge in [0.25, 0.3) is 5.91 Å². The largest absolute Gasteiger partial charge is 0.478 e. The number of aromatic carboxylic acids is 1. The summed E-state index contributed by atoms with van der Waals surface area (Å²) in [5.41, 5.74) is 2.03. The summed E-state index contributed by atoms with van der Waals surface area (Å²) in [5, 5.41) is 10.7. The molecule has 7 heteroatoms. The van der Waals surface area contributed by atoms with Crippen molar-refractivity contribution in [3.8, 4) is 0 Å². The molecule has 154 valence electrons. The summed E-state index contributed by atoms with van der Waals surface area (Å²) in [5.74, 6) is -2.63. The molecule has 2 fully saturated rings. The van der Waals surface area contributed by atoms with Gasteiger partial charge in [0.05, 0.1) is 23.0 Å². The van der Waals surface area contributed by atoms with Crippen LogP contribution >= 0.6 is 0 Å². The molecule has 1 N–H and O–H groups in total. The first-order valence-corrected chi connectivity index (χ1v) is 9.83. The van der Waals surface area contributed by atoms with Gasteiger partial charge in [-0.15, -0.1) is 0 Å². The lowest BCUT2D eigenvalue weighted by Crippen LogP contribution is -2.37. The van der Waals surface area contributed by atoms with Crippen LogP contribution < -0.4 is 9.96 Å². The lowest BCUT2D eigenvalue weighted by Gasteiger charge is -2.28. The molecule has 2 aliphatic heterocycles. The zero-order chi connectivity index (χ0) is 21.5. The van der Waals surface area contributed by atoms with Crippen LogP contribution in [-0.4, -0.2) is 29.0 Å². The number of nitrogens with zero attached hydrogens (tertiary/aromatic N) is 2. The van der Waals surface area contributed by atoms with Gasteiger partial charge in [0, 0.05) is 0 Å². The van der Waals surface area contributed by atoms with Crippen LogP contribution in [0.5, 0.6) is 0 Å². The summed E-state index contributed by atoms with van der Waals surface area (Å²) in [4.78, 5) is 44.9. The number of amides is 2. The van der Waals surface area contributed by atoms with E-state index >= 15 is 0 Å². The lowest BCUT2D eigenvalue weighted by molar-refractivity contribution is -0.126. The highest BCUT2D eigenvalue weighted by Gasteiger charge is 2.60. The molecule has 0 spiro atoms. The Morgan fingerprint density at radius 1 is 0.774 bits per heavy atom. The van der Waals surface area contributed by atoms with Crippen LogP contribution in [0.15, 0.2) is 84.9 Å². The fourth-order valence-corrected chi connectivity index (χ4v) is 4.21. The number of rotatable bonds is 4. The minimum Gasteiger partial charge on any atom is -0.478 e. The fourth-order valence-electron chi connectivity index (χ4n) is 4.21. The average molecular weight is 414 g/mol. The maximum Gasteiger partial charge on any atom is 0.335 e. The maximum absolute atomic E-state index is 13.5. The minimum atomic E-state index is -1.08. The van der Waals surface area contributed by atoms with Crippen molar-refractivity contribution in [1.82, 2.24) is 0 Å². The molecule has 0 bridgehead atoms. The first-order valence-electron chi connectivity index (χ1n) is 9.83. The molecule has 2 amide bonds. The summed E-state index contributed by atoms with van der Waals surface area (Å²) in [6.07, 6.45) is -0.961. The Kier molecular flexibility index (Phi) is 4.52. The van der Waals surface area contributed by atoms with Gasteiger partial charge in [-0.1, -0.05) is 48.5 Å². The SMILES string of the molecule is O=C(O)c1ccc(N2C(=O)[C@@H]3[C@H](ON(c4ccccc4)[C@H]3c3ccccc3)C2=O)cc1. The Bertz CT molecular complexity index is 1150. The zero-order valence-electron chi connectivity index (χ0n) is 16.3. The molecule has 2 aliphatic rings. The van der Waals surface area contributed by atoms with Crippen LogP contribution in [0.2, 0.25) is 0 Å². The number of hydroxylamine groups is 1. The predicted octanol–water partition coefficient (Wildman–Crippen LogP) is 3.44. The third-order valence-corrected chi connectivity index (χ3v) is 5.64. The van der Waals surface area contributed by atoms with E-state index in [2.05, 4.69) is 0 Å². The molecule has 0 aliphatic carbocycles. The van der Waals surface area contributed by atoms with Crippen LogP contribution in [0.4, 0.5) is 11.4 Å². The van der Waals surface area contributed by atoms with E-state index < -0.39 is 29.9 Å². The van der Waals surface area contributed by atoms with Gasteiger partial charge in [0.2, 0.25) is 5.91 Å². The minimum absolute atomic E-state index is 0.0803. The topological polar surface area (TPSA) is 87.2 Å². The Morgan fingerprint density at radius 2 is 1.39 bits per heavy atom. The summed E-state index contributed by atoms with van der Waals surface area (Å²) in [7, 11) is 0. The second-order valence-electron chi connectivity index (χ2n) is 7.43. The molecule has 3 atom stereocenters. The molecule has 3 aromatic carbocycles. The first-order chi connectivity index (χ1) is 15.1. The van der Waals surface area contributed by atoms with Crippen LogP contribution in [0, 0.1) is 5.92 Å². The van der Waals surface area contributed by atoms with Gasteiger partial charge >= 0.3 is 5.97 Å². The molecule has 2 heterocycles. The van der Waals surface area contributed by atoms with Crippen molar-refractivity contribution in [3.05, 3.63) is 96.1 Å². The van der Waals surface area contributed by atoms with E-state index in [1.165, 1.54) is 24.3 Å². The number of hydrogen-bond acceptors (Lipinski definition) is 5. The van der Waals surface area contributed by atoms with Crippen LogP contribution in [0.1, 0.15) is 22.0 Å². The number of carboxylic acid groups (broad SMARTS) is 1. The molecule has 7 nitrogen and oxygen atoms in total. The second-order valence-corrected chi connectivity index (χ2v) is 7.43. The first kappa shape index (κ1) is 19.0. The van der Waals surface area contributed by atoms with Crippen molar-refractivity contribution in [2.45, 2.75) is 12.1 Å². The van der Waals surface area contributed by atoms with E-state index in [9.17, 15) is 14.4 Å². The van der Waals surface area contributed by atoms with Crippen LogP contribution in [0.3, 0.4) is 0 Å². The number of carbonyl (C=O) groups is 3. The normalized spacial score (nSPS) is 22.6. The van der Waals surface area contributed by atoms with Gasteiger partial charge in [-0.3, -0.25) is 14.4 Å². The second kappa shape index (κ2) is 7.37.